The topological polar surface area (TPSA) is 63.2 Å². The summed E-state index contributed by atoms with van der Waals surface area (Å²) < 4.78 is 5.79. The van der Waals surface area contributed by atoms with Crippen LogP contribution in [0.1, 0.15) is 48.6 Å². The number of rotatable bonds is 5. The molecule has 1 aliphatic rings. The fourth-order valence-corrected chi connectivity index (χ4v) is 3.60. The van der Waals surface area contributed by atoms with E-state index in [1.807, 2.05) is 35.7 Å². The van der Waals surface area contributed by atoms with Crippen molar-refractivity contribution in [2.24, 2.45) is 0 Å². The van der Waals surface area contributed by atoms with Crippen LogP contribution in [0.15, 0.2) is 35.7 Å². The predicted molar refractivity (Wildman–Crippen MR) is 95.1 cm³/mol. The van der Waals surface area contributed by atoms with Crippen LogP contribution in [0.4, 0.5) is 4.79 Å². The smallest absolute Gasteiger partial charge is 0.315 e. The highest BCUT2D eigenvalue weighted by molar-refractivity contribution is 7.09. The van der Waals surface area contributed by atoms with E-state index in [0.717, 1.165) is 22.7 Å². The van der Waals surface area contributed by atoms with Gasteiger partial charge in [0.05, 0.1) is 23.3 Å². The zero-order chi connectivity index (χ0) is 16.9. The molecule has 0 aliphatic carbocycles. The SMILES string of the molecule is CC(C)c1nc(CNC(=O)N[C@@H]2CCO[C@@H]2c2ccccc2)cs1. The van der Waals surface area contributed by atoms with Gasteiger partial charge in [-0.15, -0.1) is 11.3 Å². The minimum absolute atomic E-state index is 0.00550. The second-order valence-corrected chi connectivity index (χ2v) is 7.15. The van der Waals surface area contributed by atoms with E-state index in [4.69, 9.17) is 4.74 Å². The largest absolute Gasteiger partial charge is 0.371 e. The summed E-state index contributed by atoms with van der Waals surface area (Å²) in [5.74, 6) is 0.417. The van der Waals surface area contributed by atoms with E-state index in [9.17, 15) is 4.79 Å². The number of benzene rings is 1. The third-order valence-corrected chi connectivity index (χ3v) is 5.22. The number of aromatic nitrogens is 1. The maximum absolute atomic E-state index is 12.2. The molecular weight excluding hydrogens is 322 g/mol. The molecule has 3 rings (SSSR count). The van der Waals surface area contributed by atoms with Crippen molar-refractivity contribution in [1.29, 1.82) is 0 Å². The number of hydrogen-bond donors (Lipinski definition) is 2. The van der Waals surface area contributed by atoms with Crippen molar-refractivity contribution in [3.63, 3.8) is 0 Å². The molecule has 0 spiro atoms. The standard InChI is InChI=1S/C18H23N3O2S/c1-12(2)17-20-14(11-24-17)10-19-18(22)21-15-8-9-23-16(15)13-6-4-3-5-7-13/h3-7,11-12,15-16H,8-10H2,1-2H3,(H2,19,21,22)/t15-,16-/m1/s1. The van der Waals surface area contributed by atoms with Crippen molar-refractivity contribution in [2.75, 3.05) is 6.61 Å². The number of amides is 2. The van der Waals surface area contributed by atoms with Gasteiger partial charge in [-0.25, -0.2) is 9.78 Å². The molecule has 1 aliphatic heterocycles. The van der Waals surface area contributed by atoms with Crippen LogP contribution in [0, 0.1) is 0 Å². The van der Waals surface area contributed by atoms with Crippen LogP contribution in [0.25, 0.3) is 0 Å². The van der Waals surface area contributed by atoms with E-state index in [-0.39, 0.29) is 18.2 Å². The van der Waals surface area contributed by atoms with Crippen LogP contribution in [0.2, 0.25) is 0 Å². The first-order valence-electron chi connectivity index (χ1n) is 8.28. The molecule has 1 fully saturated rings. The van der Waals surface area contributed by atoms with Gasteiger partial charge in [-0.05, 0) is 12.0 Å². The monoisotopic (exact) mass is 345 g/mol. The lowest BCUT2D eigenvalue weighted by atomic mass is 10.0. The van der Waals surface area contributed by atoms with Crippen LogP contribution in [0.5, 0.6) is 0 Å². The number of ether oxygens (including phenoxy) is 1. The first-order chi connectivity index (χ1) is 11.6. The summed E-state index contributed by atoms with van der Waals surface area (Å²) in [5, 5.41) is 9.02. The van der Waals surface area contributed by atoms with Gasteiger partial charge in [0, 0.05) is 17.9 Å². The molecule has 2 amide bonds. The number of nitrogens with zero attached hydrogens (tertiary/aromatic N) is 1. The summed E-state index contributed by atoms with van der Waals surface area (Å²) in [7, 11) is 0. The summed E-state index contributed by atoms with van der Waals surface area (Å²) >= 11 is 1.64. The Morgan fingerprint density at radius 2 is 2.17 bits per heavy atom. The molecule has 24 heavy (non-hydrogen) atoms. The molecule has 2 aromatic rings. The minimum Gasteiger partial charge on any atom is -0.371 e. The van der Waals surface area contributed by atoms with Crippen molar-refractivity contribution in [3.05, 3.63) is 52.0 Å². The molecule has 128 valence electrons. The molecule has 2 atom stereocenters. The Labute approximate surface area is 146 Å². The quantitative estimate of drug-likeness (QED) is 0.870. The van der Waals surface area contributed by atoms with Crippen LogP contribution < -0.4 is 10.6 Å². The van der Waals surface area contributed by atoms with Crippen molar-refractivity contribution < 1.29 is 9.53 Å². The van der Waals surface area contributed by atoms with E-state index in [0.29, 0.717) is 19.1 Å². The number of urea groups is 1. The van der Waals surface area contributed by atoms with Gasteiger partial charge in [0.15, 0.2) is 0 Å². The number of nitrogens with one attached hydrogen (secondary N) is 2. The van der Waals surface area contributed by atoms with Crippen molar-refractivity contribution in [1.82, 2.24) is 15.6 Å². The number of thiazole rings is 1. The lowest BCUT2D eigenvalue weighted by molar-refractivity contribution is 0.0999. The average molecular weight is 345 g/mol. The Kier molecular flexibility index (Phi) is 5.48. The second kappa shape index (κ2) is 7.77. The summed E-state index contributed by atoms with van der Waals surface area (Å²) in [4.78, 5) is 16.7. The molecule has 6 heteroatoms. The fraction of sp³-hybridized carbons (Fsp3) is 0.444. The van der Waals surface area contributed by atoms with Crippen LogP contribution in [0.3, 0.4) is 0 Å². The van der Waals surface area contributed by atoms with E-state index >= 15 is 0 Å². The van der Waals surface area contributed by atoms with Gasteiger partial charge in [-0.3, -0.25) is 0 Å². The third-order valence-electron chi connectivity index (χ3n) is 4.03. The van der Waals surface area contributed by atoms with E-state index in [2.05, 4.69) is 29.5 Å². The Morgan fingerprint density at radius 3 is 2.88 bits per heavy atom. The van der Waals surface area contributed by atoms with Gasteiger partial charge in [0.25, 0.3) is 0 Å². The molecule has 0 unspecified atom stereocenters. The Morgan fingerprint density at radius 1 is 1.38 bits per heavy atom. The summed E-state index contributed by atoms with van der Waals surface area (Å²) in [6.07, 6.45) is 0.741. The second-order valence-electron chi connectivity index (χ2n) is 6.26. The number of carbonyl (C=O) groups is 1. The third kappa shape index (κ3) is 4.13. The van der Waals surface area contributed by atoms with Gasteiger partial charge >= 0.3 is 6.03 Å². The lowest BCUT2D eigenvalue weighted by Gasteiger charge is -2.20. The van der Waals surface area contributed by atoms with Gasteiger partial charge < -0.3 is 15.4 Å². The van der Waals surface area contributed by atoms with E-state index in [1.54, 1.807) is 11.3 Å². The molecule has 0 saturated carbocycles. The zero-order valence-electron chi connectivity index (χ0n) is 14.0. The number of hydrogen-bond acceptors (Lipinski definition) is 4. The maximum atomic E-state index is 12.2. The highest BCUT2D eigenvalue weighted by atomic mass is 32.1. The molecule has 1 aromatic heterocycles. The molecule has 2 heterocycles. The Hall–Kier alpha value is -1.92. The summed E-state index contributed by atoms with van der Waals surface area (Å²) in [5.41, 5.74) is 2.00. The van der Waals surface area contributed by atoms with Gasteiger partial charge in [0.2, 0.25) is 0 Å². The van der Waals surface area contributed by atoms with E-state index in [1.165, 1.54) is 0 Å². The van der Waals surface area contributed by atoms with Crippen LogP contribution in [-0.4, -0.2) is 23.7 Å². The highest BCUT2D eigenvalue weighted by Gasteiger charge is 2.30. The van der Waals surface area contributed by atoms with Gasteiger partial charge in [-0.2, -0.15) is 0 Å². The molecule has 0 bridgehead atoms. The molecule has 0 radical (unpaired) electrons. The van der Waals surface area contributed by atoms with Gasteiger partial charge in [0.1, 0.15) is 6.10 Å². The van der Waals surface area contributed by atoms with Gasteiger partial charge in [-0.1, -0.05) is 44.2 Å². The first-order valence-corrected chi connectivity index (χ1v) is 9.16. The lowest BCUT2D eigenvalue weighted by Crippen LogP contribution is -2.43. The zero-order valence-corrected chi connectivity index (χ0v) is 14.8. The van der Waals surface area contributed by atoms with E-state index < -0.39 is 0 Å². The minimum atomic E-state index is -0.175. The van der Waals surface area contributed by atoms with Crippen molar-refractivity contribution in [3.8, 4) is 0 Å². The first kappa shape index (κ1) is 16.9. The Balaban J connectivity index is 1.52. The maximum Gasteiger partial charge on any atom is 0.315 e. The average Bonchev–Trinajstić information content (AvgIpc) is 3.23. The highest BCUT2D eigenvalue weighted by Crippen LogP contribution is 2.28. The molecule has 1 aromatic carbocycles. The molecular formula is C18H23N3O2S. The fourth-order valence-electron chi connectivity index (χ4n) is 2.77. The summed E-state index contributed by atoms with van der Waals surface area (Å²) in [6, 6.07) is 9.84. The summed E-state index contributed by atoms with van der Waals surface area (Å²) in [6.45, 7) is 5.34. The van der Waals surface area contributed by atoms with Crippen molar-refractivity contribution >= 4 is 17.4 Å². The number of carbonyl (C=O) groups excluding carboxylic acids is 1. The van der Waals surface area contributed by atoms with Crippen LogP contribution >= 0.6 is 11.3 Å². The Bertz CT molecular complexity index is 672. The normalized spacial score (nSPS) is 20.3. The molecule has 5 nitrogen and oxygen atoms in total. The van der Waals surface area contributed by atoms with Crippen molar-refractivity contribution in [2.45, 2.75) is 44.9 Å². The molecule has 2 N–H and O–H groups in total. The van der Waals surface area contributed by atoms with Crippen LogP contribution in [-0.2, 0) is 11.3 Å². The molecule has 1 saturated heterocycles. The predicted octanol–water partition coefficient (Wildman–Crippen LogP) is 3.60.